The molecule has 0 amide bonds. The topological polar surface area (TPSA) is 73.1 Å². The Morgan fingerprint density at radius 2 is 2.09 bits per heavy atom. The standard InChI is InChI=1S/C16H19ClN4O/c17-13-3-1-2-4-15(13)22-6-5-19-16-9-14(20-10-21-16)11-7-12(18)8-11/h1-4,9-12H,5-8,18H2,(H,19,20,21). The maximum atomic E-state index is 6.03. The molecule has 5 nitrogen and oxygen atoms in total. The second-order valence-corrected chi connectivity index (χ2v) is 5.87. The predicted octanol–water partition coefficient (Wildman–Crippen LogP) is 2.83. The number of nitrogens with two attached hydrogens (primary N) is 1. The van der Waals surface area contributed by atoms with Crippen LogP contribution >= 0.6 is 11.6 Å². The molecule has 22 heavy (non-hydrogen) atoms. The average Bonchev–Trinajstić information content (AvgIpc) is 2.50. The molecule has 1 heterocycles. The smallest absolute Gasteiger partial charge is 0.137 e. The fourth-order valence-corrected chi connectivity index (χ4v) is 2.69. The molecule has 1 aliphatic carbocycles. The molecule has 1 aromatic heterocycles. The molecule has 0 unspecified atom stereocenters. The summed E-state index contributed by atoms with van der Waals surface area (Å²) in [7, 11) is 0. The number of ether oxygens (including phenoxy) is 1. The van der Waals surface area contributed by atoms with Crippen molar-refractivity contribution in [2.75, 3.05) is 18.5 Å². The van der Waals surface area contributed by atoms with Crippen molar-refractivity contribution in [3.8, 4) is 5.75 Å². The van der Waals surface area contributed by atoms with Crippen LogP contribution in [0.3, 0.4) is 0 Å². The van der Waals surface area contributed by atoms with Crippen molar-refractivity contribution in [2.24, 2.45) is 5.73 Å². The summed E-state index contributed by atoms with van der Waals surface area (Å²) in [6.45, 7) is 1.16. The van der Waals surface area contributed by atoms with Gasteiger partial charge in [-0.2, -0.15) is 0 Å². The molecule has 6 heteroatoms. The van der Waals surface area contributed by atoms with E-state index in [2.05, 4.69) is 15.3 Å². The van der Waals surface area contributed by atoms with Crippen molar-refractivity contribution < 1.29 is 4.74 Å². The van der Waals surface area contributed by atoms with Gasteiger partial charge in [0.25, 0.3) is 0 Å². The average molecular weight is 319 g/mol. The van der Waals surface area contributed by atoms with E-state index in [-0.39, 0.29) is 0 Å². The summed E-state index contributed by atoms with van der Waals surface area (Å²) in [5, 5.41) is 3.86. The highest BCUT2D eigenvalue weighted by Crippen LogP contribution is 2.34. The lowest BCUT2D eigenvalue weighted by atomic mass is 9.79. The van der Waals surface area contributed by atoms with E-state index in [9.17, 15) is 0 Å². The number of hydrogen-bond acceptors (Lipinski definition) is 5. The van der Waals surface area contributed by atoms with Gasteiger partial charge in [-0.15, -0.1) is 0 Å². The van der Waals surface area contributed by atoms with Crippen LogP contribution in [0, 0.1) is 0 Å². The van der Waals surface area contributed by atoms with Gasteiger partial charge in [0.2, 0.25) is 0 Å². The lowest BCUT2D eigenvalue weighted by Crippen LogP contribution is -2.35. The first-order chi connectivity index (χ1) is 10.7. The molecule has 1 fully saturated rings. The SMILES string of the molecule is NC1CC(c2cc(NCCOc3ccccc3Cl)ncn2)C1. The first-order valence-electron chi connectivity index (χ1n) is 7.41. The van der Waals surface area contributed by atoms with Crippen LogP contribution in [0.1, 0.15) is 24.5 Å². The van der Waals surface area contributed by atoms with Crippen molar-refractivity contribution in [1.29, 1.82) is 0 Å². The van der Waals surface area contributed by atoms with Gasteiger partial charge in [0, 0.05) is 23.7 Å². The van der Waals surface area contributed by atoms with Crippen LogP contribution in [0.2, 0.25) is 5.02 Å². The van der Waals surface area contributed by atoms with Crippen LogP contribution in [0.25, 0.3) is 0 Å². The van der Waals surface area contributed by atoms with Gasteiger partial charge < -0.3 is 15.8 Å². The molecule has 2 aromatic rings. The molecule has 1 saturated carbocycles. The maximum Gasteiger partial charge on any atom is 0.137 e. The van der Waals surface area contributed by atoms with E-state index in [1.807, 2.05) is 30.3 Å². The molecule has 3 rings (SSSR count). The third-order valence-electron chi connectivity index (χ3n) is 3.78. The zero-order valence-electron chi connectivity index (χ0n) is 12.2. The maximum absolute atomic E-state index is 6.03. The predicted molar refractivity (Wildman–Crippen MR) is 87.4 cm³/mol. The van der Waals surface area contributed by atoms with Crippen molar-refractivity contribution in [3.63, 3.8) is 0 Å². The fraction of sp³-hybridized carbons (Fsp3) is 0.375. The molecule has 116 valence electrons. The molecule has 3 N–H and O–H groups in total. The lowest BCUT2D eigenvalue weighted by Gasteiger charge is -2.31. The van der Waals surface area contributed by atoms with Crippen LogP contribution in [0.4, 0.5) is 5.82 Å². The highest BCUT2D eigenvalue weighted by molar-refractivity contribution is 6.32. The van der Waals surface area contributed by atoms with E-state index >= 15 is 0 Å². The Kier molecular flexibility index (Phi) is 4.75. The molecule has 0 radical (unpaired) electrons. The first kappa shape index (κ1) is 15.1. The summed E-state index contributed by atoms with van der Waals surface area (Å²) in [6.07, 6.45) is 3.61. The van der Waals surface area contributed by atoms with Gasteiger partial charge in [-0.25, -0.2) is 9.97 Å². The van der Waals surface area contributed by atoms with Crippen molar-refractivity contribution in [2.45, 2.75) is 24.8 Å². The molecule has 1 aromatic carbocycles. The van der Waals surface area contributed by atoms with Crippen LogP contribution in [-0.2, 0) is 0 Å². The highest BCUT2D eigenvalue weighted by Gasteiger charge is 2.28. The quantitative estimate of drug-likeness (QED) is 0.801. The molecule has 0 saturated heterocycles. The minimum Gasteiger partial charge on any atom is -0.490 e. The van der Waals surface area contributed by atoms with E-state index < -0.39 is 0 Å². The summed E-state index contributed by atoms with van der Waals surface area (Å²) >= 11 is 6.03. The molecular weight excluding hydrogens is 300 g/mol. The number of hydrogen-bond donors (Lipinski definition) is 2. The Balaban J connectivity index is 1.47. The molecule has 0 spiro atoms. The number of nitrogens with zero attached hydrogens (tertiary/aromatic N) is 2. The number of aromatic nitrogens is 2. The van der Waals surface area contributed by atoms with E-state index in [0.29, 0.717) is 35.9 Å². The van der Waals surface area contributed by atoms with Gasteiger partial charge in [0.05, 0.1) is 11.6 Å². The highest BCUT2D eigenvalue weighted by atomic mass is 35.5. The van der Waals surface area contributed by atoms with E-state index in [1.54, 1.807) is 6.33 Å². The minimum atomic E-state index is 0.320. The number of rotatable bonds is 6. The van der Waals surface area contributed by atoms with Crippen molar-refractivity contribution >= 4 is 17.4 Å². The summed E-state index contributed by atoms with van der Waals surface area (Å²) in [5.74, 6) is 1.98. The lowest BCUT2D eigenvalue weighted by molar-refractivity contribution is 0.333. The number of anilines is 1. The third-order valence-corrected chi connectivity index (χ3v) is 4.10. The Bertz CT molecular complexity index is 631. The van der Waals surface area contributed by atoms with Gasteiger partial charge in [0.1, 0.15) is 24.5 Å². The third kappa shape index (κ3) is 3.67. The van der Waals surface area contributed by atoms with Gasteiger partial charge in [0.15, 0.2) is 0 Å². The van der Waals surface area contributed by atoms with Crippen molar-refractivity contribution in [1.82, 2.24) is 9.97 Å². The number of para-hydroxylation sites is 1. The largest absolute Gasteiger partial charge is 0.490 e. The van der Waals surface area contributed by atoms with Gasteiger partial charge >= 0.3 is 0 Å². The molecule has 0 aliphatic heterocycles. The summed E-state index contributed by atoms with van der Waals surface area (Å²) in [5.41, 5.74) is 6.88. The number of nitrogens with one attached hydrogen (secondary N) is 1. The van der Waals surface area contributed by atoms with Gasteiger partial charge in [-0.1, -0.05) is 23.7 Å². The summed E-state index contributed by atoms with van der Waals surface area (Å²) in [4.78, 5) is 8.55. The second kappa shape index (κ2) is 6.94. The minimum absolute atomic E-state index is 0.320. The van der Waals surface area contributed by atoms with E-state index in [0.717, 1.165) is 24.4 Å². The zero-order valence-corrected chi connectivity index (χ0v) is 13.0. The molecule has 0 atom stereocenters. The molecule has 0 bridgehead atoms. The Morgan fingerprint density at radius 1 is 1.27 bits per heavy atom. The fourth-order valence-electron chi connectivity index (χ4n) is 2.50. The number of benzene rings is 1. The Morgan fingerprint density at radius 3 is 2.86 bits per heavy atom. The summed E-state index contributed by atoms with van der Waals surface area (Å²) in [6, 6.07) is 9.75. The number of halogens is 1. The Hall–Kier alpha value is -1.85. The molecular formula is C16H19ClN4O. The first-order valence-corrected chi connectivity index (χ1v) is 7.79. The van der Waals surface area contributed by atoms with Crippen LogP contribution in [0.5, 0.6) is 5.75 Å². The van der Waals surface area contributed by atoms with Crippen LogP contribution < -0.4 is 15.8 Å². The normalized spacial score (nSPS) is 20.3. The van der Waals surface area contributed by atoms with E-state index in [1.165, 1.54) is 0 Å². The van der Waals surface area contributed by atoms with Gasteiger partial charge in [-0.3, -0.25) is 0 Å². The molecule has 1 aliphatic rings. The van der Waals surface area contributed by atoms with Crippen LogP contribution in [-0.4, -0.2) is 29.2 Å². The Labute approximate surface area is 134 Å². The zero-order chi connectivity index (χ0) is 15.4. The monoisotopic (exact) mass is 318 g/mol. The summed E-state index contributed by atoms with van der Waals surface area (Å²) < 4.78 is 5.63. The van der Waals surface area contributed by atoms with Crippen LogP contribution in [0.15, 0.2) is 36.7 Å². The second-order valence-electron chi connectivity index (χ2n) is 5.46. The van der Waals surface area contributed by atoms with E-state index in [4.69, 9.17) is 22.1 Å². The van der Waals surface area contributed by atoms with Gasteiger partial charge in [-0.05, 0) is 25.0 Å². The van der Waals surface area contributed by atoms with Crippen molar-refractivity contribution in [3.05, 3.63) is 47.4 Å².